The molecule has 2 aromatic rings. The summed E-state index contributed by atoms with van der Waals surface area (Å²) in [5, 5.41) is 0.420. The molecule has 0 saturated carbocycles. The number of rotatable bonds is 2. The third-order valence-electron chi connectivity index (χ3n) is 4.03. The number of carbonyl (C=O) groups excluding carboxylic acids is 1. The van der Waals surface area contributed by atoms with E-state index in [1.807, 2.05) is 42.2 Å². The van der Waals surface area contributed by atoms with E-state index in [9.17, 15) is 4.79 Å². The summed E-state index contributed by atoms with van der Waals surface area (Å²) in [6.45, 7) is 3.63. The van der Waals surface area contributed by atoms with Crippen molar-refractivity contribution in [3.63, 3.8) is 0 Å². The second-order valence-corrected chi connectivity index (χ2v) is 6.09. The molecule has 1 aliphatic heterocycles. The Bertz CT molecular complexity index is 665. The zero-order valence-electron chi connectivity index (χ0n) is 12.2. The SMILES string of the molecule is Cc1ccc2cc(C(Cl)C(=O)N3CCCCC3)ccc2n1. The first-order chi connectivity index (χ1) is 10.1. The van der Waals surface area contributed by atoms with Crippen molar-refractivity contribution in [3.8, 4) is 0 Å². The van der Waals surface area contributed by atoms with Crippen LogP contribution in [0.3, 0.4) is 0 Å². The van der Waals surface area contributed by atoms with Crippen LogP contribution in [0.1, 0.15) is 35.9 Å². The van der Waals surface area contributed by atoms with Gasteiger partial charge in [0.25, 0.3) is 0 Å². The second-order valence-electron chi connectivity index (χ2n) is 5.65. The number of aromatic nitrogens is 1. The molecule has 3 rings (SSSR count). The summed E-state index contributed by atoms with van der Waals surface area (Å²) in [6, 6.07) is 9.82. The smallest absolute Gasteiger partial charge is 0.245 e. The number of amides is 1. The van der Waals surface area contributed by atoms with Crippen LogP contribution in [-0.2, 0) is 4.79 Å². The van der Waals surface area contributed by atoms with Gasteiger partial charge in [0.05, 0.1) is 5.52 Å². The molecule has 110 valence electrons. The van der Waals surface area contributed by atoms with Gasteiger partial charge in [0.1, 0.15) is 5.38 Å². The molecular weight excluding hydrogens is 284 g/mol. The van der Waals surface area contributed by atoms with Gasteiger partial charge in [-0.25, -0.2) is 0 Å². The summed E-state index contributed by atoms with van der Waals surface area (Å²) in [5.41, 5.74) is 2.78. The second kappa shape index (κ2) is 6.02. The van der Waals surface area contributed by atoms with Crippen molar-refractivity contribution in [2.45, 2.75) is 31.6 Å². The molecule has 1 unspecified atom stereocenters. The number of hydrogen-bond donors (Lipinski definition) is 0. The summed E-state index contributed by atoms with van der Waals surface area (Å²) in [4.78, 5) is 18.8. The van der Waals surface area contributed by atoms with E-state index in [0.717, 1.165) is 48.1 Å². The van der Waals surface area contributed by atoms with Crippen LogP contribution < -0.4 is 0 Å². The lowest BCUT2D eigenvalue weighted by atomic mass is 10.1. The molecule has 3 nitrogen and oxygen atoms in total. The van der Waals surface area contributed by atoms with Gasteiger partial charge >= 0.3 is 0 Å². The number of fused-ring (bicyclic) bond motifs is 1. The maximum atomic E-state index is 12.5. The van der Waals surface area contributed by atoms with E-state index in [2.05, 4.69) is 4.98 Å². The maximum Gasteiger partial charge on any atom is 0.245 e. The molecule has 0 N–H and O–H groups in total. The Morgan fingerprint density at radius 2 is 1.95 bits per heavy atom. The minimum atomic E-state index is -0.603. The predicted octanol–water partition coefficient (Wildman–Crippen LogP) is 3.84. The number of alkyl halides is 1. The Morgan fingerprint density at radius 1 is 1.19 bits per heavy atom. The number of benzene rings is 1. The van der Waals surface area contributed by atoms with Gasteiger partial charge in [-0.3, -0.25) is 9.78 Å². The predicted molar refractivity (Wildman–Crippen MR) is 85.5 cm³/mol. The van der Waals surface area contributed by atoms with E-state index < -0.39 is 5.38 Å². The van der Waals surface area contributed by atoms with E-state index in [1.54, 1.807) is 0 Å². The lowest BCUT2D eigenvalue weighted by Crippen LogP contribution is -2.37. The highest BCUT2D eigenvalue weighted by molar-refractivity contribution is 6.30. The van der Waals surface area contributed by atoms with Gasteiger partial charge in [-0.05, 0) is 49.9 Å². The Labute approximate surface area is 129 Å². The van der Waals surface area contributed by atoms with Crippen molar-refractivity contribution in [2.24, 2.45) is 0 Å². The van der Waals surface area contributed by atoms with Crippen LogP contribution >= 0.6 is 11.6 Å². The topological polar surface area (TPSA) is 33.2 Å². The molecule has 1 amide bonds. The highest BCUT2D eigenvalue weighted by Crippen LogP contribution is 2.27. The summed E-state index contributed by atoms with van der Waals surface area (Å²) in [6.07, 6.45) is 3.37. The standard InChI is InChI=1S/C17H19ClN2O/c1-12-5-6-13-11-14(7-8-15(13)19-12)16(18)17(21)20-9-3-2-4-10-20/h5-8,11,16H,2-4,9-10H2,1H3. The third kappa shape index (κ3) is 3.03. The van der Waals surface area contributed by atoms with E-state index >= 15 is 0 Å². The van der Waals surface area contributed by atoms with Crippen LogP contribution in [0.15, 0.2) is 30.3 Å². The fourth-order valence-electron chi connectivity index (χ4n) is 2.82. The summed E-state index contributed by atoms with van der Waals surface area (Å²) in [5.74, 6) is 0.0239. The van der Waals surface area contributed by atoms with Gasteiger partial charge < -0.3 is 4.90 Å². The molecule has 1 fully saturated rings. The number of pyridine rings is 1. The number of halogens is 1. The van der Waals surface area contributed by atoms with Gasteiger partial charge in [0, 0.05) is 24.2 Å². The molecule has 0 radical (unpaired) electrons. The summed E-state index contributed by atoms with van der Waals surface area (Å²) in [7, 11) is 0. The van der Waals surface area contributed by atoms with Crippen LogP contribution in [0.4, 0.5) is 0 Å². The molecule has 2 heterocycles. The molecule has 0 bridgehead atoms. The largest absolute Gasteiger partial charge is 0.341 e. The Hall–Kier alpha value is -1.61. The third-order valence-corrected chi connectivity index (χ3v) is 4.47. The van der Waals surface area contributed by atoms with E-state index in [1.165, 1.54) is 6.42 Å². The molecule has 0 aliphatic carbocycles. The zero-order valence-corrected chi connectivity index (χ0v) is 12.9. The van der Waals surface area contributed by atoms with Crippen molar-refractivity contribution >= 4 is 28.4 Å². The highest BCUT2D eigenvalue weighted by Gasteiger charge is 2.25. The van der Waals surface area contributed by atoms with Crippen LogP contribution in [-0.4, -0.2) is 28.9 Å². The Kier molecular flexibility index (Phi) is 4.11. The number of nitrogens with zero attached hydrogens (tertiary/aromatic N) is 2. The van der Waals surface area contributed by atoms with Gasteiger partial charge in [0.2, 0.25) is 5.91 Å². The van der Waals surface area contributed by atoms with E-state index in [0.29, 0.717) is 0 Å². The molecular formula is C17H19ClN2O. The maximum absolute atomic E-state index is 12.5. The zero-order chi connectivity index (χ0) is 14.8. The van der Waals surface area contributed by atoms with Crippen LogP contribution in [0, 0.1) is 6.92 Å². The van der Waals surface area contributed by atoms with Crippen molar-refractivity contribution in [2.75, 3.05) is 13.1 Å². The molecule has 4 heteroatoms. The van der Waals surface area contributed by atoms with Crippen molar-refractivity contribution < 1.29 is 4.79 Å². The van der Waals surface area contributed by atoms with Gasteiger partial charge in [-0.2, -0.15) is 0 Å². The van der Waals surface area contributed by atoms with E-state index in [-0.39, 0.29) is 5.91 Å². The summed E-state index contributed by atoms with van der Waals surface area (Å²) < 4.78 is 0. The fraction of sp³-hybridized carbons (Fsp3) is 0.412. The molecule has 1 aromatic heterocycles. The van der Waals surface area contributed by atoms with E-state index in [4.69, 9.17) is 11.6 Å². The molecule has 0 spiro atoms. The number of carbonyl (C=O) groups is 1. The lowest BCUT2D eigenvalue weighted by Gasteiger charge is -2.28. The number of hydrogen-bond acceptors (Lipinski definition) is 2. The van der Waals surface area contributed by atoms with Crippen molar-refractivity contribution in [1.29, 1.82) is 0 Å². The lowest BCUT2D eigenvalue weighted by molar-refractivity contribution is -0.131. The van der Waals surface area contributed by atoms with Gasteiger partial charge in [0.15, 0.2) is 0 Å². The number of likely N-dealkylation sites (tertiary alicyclic amines) is 1. The quantitative estimate of drug-likeness (QED) is 0.790. The van der Waals surface area contributed by atoms with Crippen LogP contribution in [0.25, 0.3) is 10.9 Å². The molecule has 1 saturated heterocycles. The van der Waals surface area contributed by atoms with Gasteiger partial charge in [-0.1, -0.05) is 12.1 Å². The first kappa shape index (κ1) is 14.3. The molecule has 1 atom stereocenters. The minimum absolute atomic E-state index is 0.0239. The van der Waals surface area contributed by atoms with Gasteiger partial charge in [-0.15, -0.1) is 11.6 Å². The average molecular weight is 303 g/mol. The Balaban J connectivity index is 1.85. The Morgan fingerprint density at radius 3 is 2.71 bits per heavy atom. The number of piperidine rings is 1. The fourth-order valence-corrected chi connectivity index (χ4v) is 3.09. The molecule has 1 aromatic carbocycles. The summed E-state index contributed by atoms with van der Waals surface area (Å²) >= 11 is 6.41. The minimum Gasteiger partial charge on any atom is -0.341 e. The van der Waals surface area contributed by atoms with Crippen molar-refractivity contribution in [1.82, 2.24) is 9.88 Å². The normalized spacial score (nSPS) is 17.0. The molecule has 21 heavy (non-hydrogen) atoms. The van der Waals surface area contributed by atoms with Crippen LogP contribution in [0.5, 0.6) is 0 Å². The van der Waals surface area contributed by atoms with Crippen LogP contribution in [0.2, 0.25) is 0 Å². The van der Waals surface area contributed by atoms with Crippen molar-refractivity contribution in [3.05, 3.63) is 41.6 Å². The molecule has 1 aliphatic rings. The number of aryl methyl sites for hydroxylation is 1. The monoisotopic (exact) mass is 302 g/mol. The first-order valence-corrected chi connectivity index (χ1v) is 7.89. The highest BCUT2D eigenvalue weighted by atomic mass is 35.5. The first-order valence-electron chi connectivity index (χ1n) is 7.45. The average Bonchev–Trinajstić information content (AvgIpc) is 2.53.